The van der Waals surface area contributed by atoms with Gasteiger partial charge in [0.1, 0.15) is 5.82 Å². The molecule has 0 aliphatic carbocycles. The Bertz CT molecular complexity index is 468. The summed E-state index contributed by atoms with van der Waals surface area (Å²) in [5, 5.41) is 4.12. The van der Waals surface area contributed by atoms with E-state index in [4.69, 9.17) is 11.6 Å². The summed E-state index contributed by atoms with van der Waals surface area (Å²) in [6.07, 6.45) is 5.27. The number of rotatable bonds is 4. The zero-order valence-corrected chi connectivity index (χ0v) is 12.7. The number of nitrogens with zero attached hydrogens (tertiary/aromatic N) is 2. The Kier molecular flexibility index (Phi) is 4.83. The number of nitrogens with one attached hydrogen (secondary N) is 1. The predicted octanol–water partition coefficient (Wildman–Crippen LogP) is 3.39. The Balaban J connectivity index is 2.09. The van der Waals surface area contributed by atoms with Crippen molar-refractivity contribution in [2.45, 2.75) is 39.8 Å². The summed E-state index contributed by atoms with van der Waals surface area (Å²) in [5.74, 6) is 0.905. The first-order chi connectivity index (χ1) is 9.06. The van der Waals surface area contributed by atoms with E-state index in [1.54, 1.807) is 0 Å². The molecule has 2 rings (SSSR count). The molecule has 0 spiro atoms. The van der Waals surface area contributed by atoms with Gasteiger partial charge in [0.05, 0.1) is 5.02 Å². The molecule has 1 N–H and O–H groups in total. The van der Waals surface area contributed by atoms with Gasteiger partial charge in [-0.3, -0.25) is 0 Å². The SMILES string of the molecule is CC1=CCCN(c2ncc(CNC(C)C)cc2Cl)C1. The summed E-state index contributed by atoms with van der Waals surface area (Å²) in [6.45, 7) is 9.15. The first kappa shape index (κ1) is 14.4. The highest BCUT2D eigenvalue weighted by Crippen LogP contribution is 2.26. The standard InChI is InChI=1S/C15H22ClN3/c1-11(2)17-8-13-7-14(16)15(18-9-13)19-6-4-5-12(3)10-19/h5,7,9,11,17H,4,6,8,10H2,1-3H3. The van der Waals surface area contributed by atoms with E-state index in [2.05, 4.69) is 42.0 Å². The van der Waals surface area contributed by atoms with Crippen LogP contribution >= 0.6 is 11.6 Å². The summed E-state index contributed by atoms with van der Waals surface area (Å²) >= 11 is 6.37. The highest BCUT2D eigenvalue weighted by atomic mass is 35.5. The van der Waals surface area contributed by atoms with E-state index in [1.807, 2.05) is 12.3 Å². The molecule has 1 aliphatic rings. The van der Waals surface area contributed by atoms with E-state index in [0.717, 1.165) is 42.5 Å². The van der Waals surface area contributed by atoms with Crippen molar-refractivity contribution in [3.63, 3.8) is 0 Å². The minimum Gasteiger partial charge on any atom is -0.351 e. The molecule has 104 valence electrons. The molecule has 0 radical (unpaired) electrons. The van der Waals surface area contributed by atoms with Crippen LogP contribution in [0, 0.1) is 0 Å². The third kappa shape index (κ3) is 3.95. The molecule has 3 nitrogen and oxygen atoms in total. The Morgan fingerprint density at radius 3 is 2.89 bits per heavy atom. The third-order valence-electron chi connectivity index (χ3n) is 3.22. The average molecular weight is 280 g/mol. The maximum atomic E-state index is 6.37. The summed E-state index contributed by atoms with van der Waals surface area (Å²) < 4.78 is 0. The normalized spacial score (nSPS) is 15.8. The molecule has 19 heavy (non-hydrogen) atoms. The fourth-order valence-electron chi connectivity index (χ4n) is 2.21. The van der Waals surface area contributed by atoms with Crippen LogP contribution in [0.3, 0.4) is 0 Å². The van der Waals surface area contributed by atoms with Crippen LogP contribution in [0.15, 0.2) is 23.9 Å². The van der Waals surface area contributed by atoms with Crippen LogP contribution in [0.5, 0.6) is 0 Å². The van der Waals surface area contributed by atoms with Gasteiger partial charge in [-0.1, -0.05) is 37.1 Å². The second-order valence-electron chi connectivity index (χ2n) is 5.45. The van der Waals surface area contributed by atoms with Gasteiger partial charge < -0.3 is 10.2 Å². The predicted molar refractivity (Wildman–Crippen MR) is 81.8 cm³/mol. The molecule has 1 aliphatic heterocycles. The summed E-state index contributed by atoms with van der Waals surface area (Å²) in [6, 6.07) is 2.49. The van der Waals surface area contributed by atoms with Crippen LogP contribution in [0.2, 0.25) is 5.02 Å². The zero-order valence-electron chi connectivity index (χ0n) is 11.9. The lowest BCUT2D eigenvalue weighted by Gasteiger charge is -2.28. The average Bonchev–Trinajstić information content (AvgIpc) is 2.36. The molecular formula is C15H22ClN3. The van der Waals surface area contributed by atoms with E-state index in [0.29, 0.717) is 6.04 Å². The molecule has 0 fully saturated rings. The fraction of sp³-hybridized carbons (Fsp3) is 0.533. The van der Waals surface area contributed by atoms with Crippen molar-refractivity contribution in [3.05, 3.63) is 34.5 Å². The Hall–Kier alpha value is -1.06. The van der Waals surface area contributed by atoms with Crippen molar-refractivity contribution in [3.8, 4) is 0 Å². The molecule has 2 heterocycles. The van der Waals surface area contributed by atoms with E-state index in [-0.39, 0.29) is 0 Å². The first-order valence-electron chi connectivity index (χ1n) is 6.84. The molecule has 1 aromatic heterocycles. The third-order valence-corrected chi connectivity index (χ3v) is 3.50. The molecule has 0 aromatic carbocycles. The van der Waals surface area contributed by atoms with Gasteiger partial charge in [0, 0.05) is 31.9 Å². The monoisotopic (exact) mass is 279 g/mol. The second-order valence-corrected chi connectivity index (χ2v) is 5.85. The van der Waals surface area contributed by atoms with Crippen LogP contribution in [-0.4, -0.2) is 24.1 Å². The smallest absolute Gasteiger partial charge is 0.147 e. The molecule has 0 unspecified atom stereocenters. The zero-order chi connectivity index (χ0) is 13.8. The molecule has 4 heteroatoms. The topological polar surface area (TPSA) is 28.2 Å². The van der Waals surface area contributed by atoms with E-state index < -0.39 is 0 Å². The van der Waals surface area contributed by atoms with Crippen molar-refractivity contribution in [1.82, 2.24) is 10.3 Å². The highest BCUT2D eigenvalue weighted by Gasteiger charge is 2.15. The molecule has 0 saturated carbocycles. The quantitative estimate of drug-likeness (QED) is 0.857. The van der Waals surface area contributed by atoms with Crippen molar-refractivity contribution in [2.75, 3.05) is 18.0 Å². The number of hydrogen-bond donors (Lipinski definition) is 1. The number of aromatic nitrogens is 1. The number of halogens is 1. The molecule has 1 aromatic rings. The molecule has 0 atom stereocenters. The Morgan fingerprint density at radius 1 is 1.47 bits per heavy atom. The van der Waals surface area contributed by atoms with Gasteiger partial charge in [0.2, 0.25) is 0 Å². The maximum absolute atomic E-state index is 6.37. The van der Waals surface area contributed by atoms with Gasteiger partial charge in [-0.25, -0.2) is 4.98 Å². The van der Waals surface area contributed by atoms with Gasteiger partial charge in [-0.15, -0.1) is 0 Å². The largest absolute Gasteiger partial charge is 0.351 e. The lowest BCUT2D eigenvalue weighted by Crippen LogP contribution is -2.30. The summed E-state index contributed by atoms with van der Waals surface area (Å²) in [5.41, 5.74) is 2.52. The van der Waals surface area contributed by atoms with Crippen molar-refractivity contribution < 1.29 is 0 Å². The first-order valence-corrected chi connectivity index (χ1v) is 7.22. The van der Waals surface area contributed by atoms with Crippen molar-refractivity contribution in [2.24, 2.45) is 0 Å². The summed E-state index contributed by atoms with van der Waals surface area (Å²) in [4.78, 5) is 6.79. The van der Waals surface area contributed by atoms with Crippen LogP contribution in [0.1, 0.15) is 32.8 Å². The van der Waals surface area contributed by atoms with Gasteiger partial charge in [-0.2, -0.15) is 0 Å². The number of pyridine rings is 1. The Morgan fingerprint density at radius 2 is 2.26 bits per heavy atom. The van der Waals surface area contributed by atoms with Crippen LogP contribution < -0.4 is 10.2 Å². The molecule has 0 bridgehead atoms. The number of anilines is 1. The highest BCUT2D eigenvalue weighted by molar-refractivity contribution is 6.33. The molecule has 0 amide bonds. The fourth-order valence-corrected chi connectivity index (χ4v) is 2.52. The van der Waals surface area contributed by atoms with Gasteiger partial charge in [-0.05, 0) is 25.0 Å². The minimum absolute atomic E-state index is 0.466. The Labute approximate surface area is 120 Å². The second kappa shape index (κ2) is 6.40. The summed E-state index contributed by atoms with van der Waals surface area (Å²) in [7, 11) is 0. The van der Waals surface area contributed by atoms with Gasteiger partial charge >= 0.3 is 0 Å². The van der Waals surface area contributed by atoms with Gasteiger partial charge in [0.25, 0.3) is 0 Å². The van der Waals surface area contributed by atoms with Gasteiger partial charge in [0.15, 0.2) is 0 Å². The molecule has 0 saturated heterocycles. The molecular weight excluding hydrogens is 258 g/mol. The van der Waals surface area contributed by atoms with E-state index in [1.165, 1.54) is 5.57 Å². The maximum Gasteiger partial charge on any atom is 0.147 e. The minimum atomic E-state index is 0.466. The van der Waals surface area contributed by atoms with Crippen molar-refractivity contribution in [1.29, 1.82) is 0 Å². The van der Waals surface area contributed by atoms with Crippen LogP contribution in [0.4, 0.5) is 5.82 Å². The number of hydrogen-bond acceptors (Lipinski definition) is 3. The van der Waals surface area contributed by atoms with Crippen LogP contribution in [0.25, 0.3) is 0 Å². The van der Waals surface area contributed by atoms with Crippen molar-refractivity contribution >= 4 is 17.4 Å². The van der Waals surface area contributed by atoms with Crippen LogP contribution in [-0.2, 0) is 6.54 Å². The lowest BCUT2D eigenvalue weighted by molar-refractivity contribution is 0.588. The van der Waals surface area contributed by atoms with E-state index in [9.17, 15) is 0 Å². The van der Waals surface area contributed by atoms with E-state index >= 15 is 0 Å². The lowest BCUT2D eigenvalue weighted by atomic mass is 10.1.